The van der Waals surface area contributed by atoms with Gasteiger partial charge in [-0.3, -0.25) is 9.59 Å². The maximum Gasteiger partial charge on any atom is 0.416 e. The molecule has 1 N–H and O–H groups in total. The Morgan fingerprint density at radius 2 is 1.64 bits per heavy atom. The van der Waals surface area contributed by atoms with Gasteiger partial charge >= 0.3 is 12.1 Å². The van der Waals surface area contributed by atoms with Gasteiger partial charge in [0.05, 0.1) is 22.9 Å². The molecule has 47 heavy (non-hydrogen) atoms. The van der Waals surface area contributed by atoms with Crippen LogP contribution in [0.3, 0.4) is 0 Å². The van der Waals surface area contributed by atoms with Crippen molar-refractivity contribution in [2.24, 2.45) is 0 Å². The van der Waals surface area contributed by atoms with Gasteiger partial charge < -0.3 is 14.9 Å². The Hall–Kier alpha value is -4.44. The molecule has 0 saturated carbocycles. The van der Waals surface area contributed by atoms with Crippen LogP contribution < -0.4 is 4.90 Å². The summed E-state index contributed by atoms with van der Waals surface area (Å²) >= 11 is 6.13. The number of amides is 1. The van der Waals surface area contributed by atoms with Crippen molar-refractivity contribution in [2.45, 2.75) is 64.2 Å². The normalized spacial score (nSPS) is 14.9. The third-order valence-electron chi connectivity index (χ3n) is 8.41. The Balaban J connectivity index is 1.47. The third kappa shape index (κ3) is 8.48. The van der Waals surface area contributed by atoms with Gasteiger partial charge in [0.2, 0.25) is 5.95 Å². The van der Waals surface area contributed by atoms with Crippen LogP contribution in [0.5, 0.6) is 0 Å². The quantitative estimate of drug-likeness (QED) is 0.174. The number of alkyl halides is 3. The molecule has 0 radical (unpaired) electrons. The Labute approximate surface area is 277 Å². The summed E-state index contributed by atoms with van der Waals surface area (Å²) in [5.41, 5.74) is 3.50. The lowest BCUT2D eigenvalue weighted by Gasteiger charge is -2.27. The van der Waals surface area contributed by atoms with E-state index in [1.807, 2.05) is 24.3 Å². The zero-order valence-corrected chi connectivity index (χ0v) is 26.9. The van der Waals surface area contributed by atoms with Gasteiger partial charge in [0.25, 0.3) is 5.91 Å². The molecule has 246 valence electrons. The first kappa shape index (κ1) is 33.9. The van der Waals surface area contributed by atoms with Gasteiger partial charge in [-0.1, -0.05) is 74.0 Å². The Kier molecular flexibility index (Phi) is 10.5. The van der Waals surface area contributed by atoms with E-state index in [9.17, 15) is 27.9 Å². The standard InChI is InChI=1S/C36H36ClF3N4O3/c1-23(2)26-10-5-24(6-11-26)9-18-31-30(20-41-35(42-31)44-19-3-4-32(44)27-12-16-29(37)17-13-27)34(47)43(22-33(45)46)21-25-7-14-28(15-8-25)36(38,39)40/h5-8,10-17,20,23,32H,3-4,9,18-19,21-22H2,1-2H3,(H,45,46)/t32-/m1/s1. The SMILES string of the molecule is CC(C)c1ccc(CCc2nc(N3CCC[C@@H]3c3ccc(Cl)cc3)ncc2C(=O)N(CC(=O)O)Cc2ccc(C(F)(F)F)cc2)cc1. The number of hydrogen-bond donors (Lipinski definition) is 1. The van der Waals surface area contributed by atoms with Gasteiger partial charge in [-0.2, -0.15) is 13.2 Å². The number of aliphatic carboxylic acids is 1. The number of carbonyl (C=O) groups excluding carboxylic acids is 1. The van der Waals surface area contributed by atoms with Gasteiger partial charge in [-0.05, 0) is 78.1 Å². The van der Waals surface area contributed by atoms with Gasteiger partial charge in [0.1, 0.15) is 6.54 Å². The van der Waals surface area contributed by atoms with Crippen molar-refractivity contribution in [3.8, 4) is 0 Å². The molecule has 0 aliphatic carbocycles. The monoisotopic (exact) mass is 664 g/mol. The molecule has 3 aromatic carbocycles. The van der Waals surface area contributed by atoms with Crippen LogP contribution in [-0.4, -0.2) is 44.9 Å². The van der Waals surface area contributed by atoms with E-state index in [0.717, 1.165) is 47.5 Å². The molecule has 1 fully saturated rings. The summed E-state index contributed by atoms with van der Waals surface area (Å²) < 4.78 is 39.3. The second kappa shape index (κ2) is 14.5. The number of carbonyl (C=O) groups is 2. The second-order valence-corrected chi connectivity index (χ2v) is 12.5. The molecule has 0 spiro atoms. The largest absolute Gasteiger partial charge is 0.480 e. The maximum absolute atomic E-state index is 14.0. The van der Waals surface area contributed by atoms with Crippen molar-refractivity contribution in [3.05, 3.63) is 123 Å². The van der Waals surface area contributed by atoms with E-state index in [0.29, 0.717) is 41.0 Å². The summed E-state index contributed by atoms with van der Waals surface area (Å²) in [6, 6.07) is 20.3. The molecule has 2 heterocycles. The molecule has 4 aromatic rings. The molecular formula is C36H36ClF3N4O3. The van der Waals surface area contributed by atoms with E-state index in [4.69, 9.17) is 16.6 Å². The zero-order chi connectivity index (χ0) is 33.7. The second-order valence-electron chi connectivity index (χ2n) is 12.1. The Bertz CT molecular complexity index is 1700. The van der Waals surface area contributed by atoms with E-state index in [1.54, 1.807) is 0 Å². The molecule has 7 nitrogen and oxygen atoms in total. The van der Waals surface area contributed by atoms with E-state index in [-0.39, 0.29) is 18.2 Å². The highest BCUT2D eigenvalue weighted by molar-refractivity contribution is 6.30. The number of halogens is 4. The summed E-state index contributed by atoms with van der Waals surface area (Å²) in [6.45, 7) is 4.11. The van der Waals surface area contributed by atoms with Crippen LogP contribution >= 0.6 is 11.6 Å². The lowest BCUT2D eigenvalue weighted by molar-refractivity contribution is -0.138. The first-order chi connectivity index (χ1) is 22.4. The minimum atomic E-state index is -4.51. The topological polar surface area (TPSA) is 86.6 Å². The number of benzene rings is 3. The molecule has 0 bridgehead atoms. The molecule has 1 aliphatic heterocycles. The van der Waals surface area contributed by atoms with Crippen LogP contribution in [0, 0.1) is 0 Å². The molecule has 1 atom stereocenters. The molecule has 1 saturated heterocycles. The predicted molar refractivity (Wildman–Crippen MR) is 175 cm³/mol. The summed E-state index contributed by atoms with van der Waals surface area (Å²) in [5.74, 6) is -1.01. The molecule has 1 aromatic heterocycles. The molecule has 1 amide bonds. The fraction of sp³-hybridized carbons (Fsp3) is 0.333. The number of carboxylic acids is 1. The number of aryl methyl sites for hydroxylation is 2. The molecular weight excluding hydrogens is 629 g/mol. The number of carboxylic acid groups (broad SMARTS) is 1. The van der Waals surface area contributed by atoms with Crippen molar-refractivity contribution in [2.75, 3.05) is 18.0 Å². The Morgan fingerprint density at radius 1 is 0.979 bits per heavy atom. The van der Waals surface area contributed by atoms with E-state index >= 15 is 0 Å². The number of rotatable bonds is 11. The van der Waals surface area contributed by atoms with Crippen LogP contribution in [0.4, 0.5) is 19.1 Å². The predicted octanol–water partition coefficient (Wildman–Crippen LogP) is 8.13. The highest BCUT2D eigenvalue weighted by Crippen LogP contribution is 2.35. The average Bonchev–Trinajstić information content (AvgIpc) is 3.53. The summed E-state index contributed by atoms with van der Waals surface area (Å²) in [6.07, 6.45) is -0.288. The minimum absolute atomic E-state index is 0.0217. The van der Waals surface area contributed by atoms with Crippen molar-refractivity contribution in [1.82, 2.24) is 14.9 Å². The van der Waals surface area contributed by atoms with Crippen LogP contribution in [-0.2, 0) is 30.4 Å². The average molecular weight is 665 g/mol. The van der Waals surface area contributed by atoms with Crippen molar-refractivity contribution in [1.29, 1.82) is 0 Å². The van der Waals surface area contributed by atoms with E-state index in [2.05, 4.69) is 48.0 Å². The number of anilines is 1. The number of hydrogen-bond acceptors (Lipinski definition) is 5. The fourth-order valence-corrected chi connectivity index (χ4v) is 5.96. The molecule has 11 heteroatoms. The van der Waals surface area contributed by atoms with Crippen LogP contribution in [0.1, 0.15) is 82.5 Å². The van der Waals surface area contributed by atoms with Crippen molar-refractivity contribution < 1.29 is 27.9 Å². The lowest BCUT2D eigenvalue weighted by atomic mass is 9.99. The lowest BCUT2D eigenvalue weighted by Crippen LogP contribution is -2.36. The smallest absolute Gasteiger partial charge is 0.416 e. The summed E-state index contributed by atoms with van der Waals surface area (Å²) in [7, 11) is 0. The first-order valence-electron chi connectivity index (χ1n) is 15.5. The first-order valence-corrected chi connectivity index (χ1v) is 15.9. The van der Waals surface area contributed by atoms with Crippen molar-refractivity contribution >= 4 is 29.4 Å². The highest BCUT2D eigenvalue weighted by Gasteiger charge is 2.32. The van der Waals surface area contributed by atoms with Gasteiger partial charge in [0.15, 0.2) is 0 Å². The Morgan fingerprint density at radius 3 is 2.26 bits per heavy atom. The van der Waals surface area contributed by atoms with Crippen LogP contribution in [0.25, 0.3) is 0 Å². The van der Waals surface area contributed by atoms with E-state index < -0.39 is 30.2 Å². The summed E-state index contributed by atoms with van der Waals surface area (Å²) in [5, 5.41) is 10.3. The van der Waals surface area contributed by atoms with E-state index in [1.165, 1.54) is 23.9 Å². The van der Waals surface area contributed by atoms with Crippen LogP contribution in [0.15, 0.2) is 79.0 Å². The maximum atomic E-state index is 14.0. The van der Waals surface area contributed by atoms with Gasteiger partial charge in [-0.25, -0.2) is 9.97 Å². The highest BCUT2D eigenvalue weighted by atomic mass is 35.5. The van der Waals surface area contributed by atoms with Crippen LogP contribution in [0.2, 0.25) is 5.02 Å². The number of aromatic nitrogens is 2. The fourth-order valence-electron chi connectivity index (χ4n) is 5.84. The minimum Gasteiger partial charge on any atom is -0.480 e. The molecule has 0 unspecified atom stereocenters. The molecule has 5 rings (SSSR count). The third-order valence-corrected chi connectivity index (χ3v) is 8.67. The zero-order valence-electron chi connectivity index (χ0n) is 26.2. The number of nitrogens with zero attached hydrogens (tertiary/aromatic N) is 4. The van der Waals surface area contributed by atoms with Gasteiger partial charge in [0, 0.05) is 24.3 Å². The summed E-state index contributed by atoms with van der Waals surface area (Å²) in [4.78, 5) is 38.5. The van der Waals surface area contributed by atoms with Gasteiger partial charge in [-0.15, -0.1) is 0 Å². The van der Waals surface area contributed by atoms with Crippen molar-refractivity contribution in [3.63, 3.8) is 0 Å². The molecule has 1 aliphatic rings.